The average Bonchev–Trinajstić information content (AvgIpc) is 2.79. The van der Waals surface area contributed by atoms with Crippen LogP contribution in [0.4, 0.5) is 5.95 Å². The summed E-state index contributed by atoms with van der Waals surface area (Å²) in [6.45, 7) is 3.60. The fourth-order valence-corrected chi connectivity index (χ4v) is 1.75. The van der Waals surface area contributed by atoms with Gasteiger partial charge in [-0.25, -0.2) is 4.57 Å². The Morgan fingerprint density at radius 1 is 1.42 bits per heavy atom. The van der Waals surface area contributed by atoms with Crippen LogP contribution >= 0.6 is 11.6 Å². The summed E-state index contributed by atoms with van der Waals surface area (Å²) in [5, 5.41) is 7.76. The SMILES string of the molecule is Cc1cc(OCC(=O)n2cnnc2N)cc(C)c1Cl. The van der Waals surface area contributed by atoms with Gasteiger partial charge in [0.15, 0.2) is 6.61 Å². The second kappa shape index (κ2) is 5.27. The number of hydrogen-bond donors (Lipinski definition) is 1. The van der Waals surface area contributed by atoms with Crippen LogP contribution in [-0.4, -0.2) is 27.3 Å². The summed E-state index contributed by atoms with van der Waals surface area (Å²) in [7, 11) is 0. The molecule has 0 radical (unpaired) electrons. The number of carbonyl (C=O) groups excluding carboxylic acids is 1. The Kier molecular flexibility index (Phi) is 3.71. The standard InChI is InChI=1S/C12H13ClN4O2/c1-7-3-9(4-8(2)11(7)13)19-5-10(18)17-6-15-16-12(17)14/h3-4,6H,5H2,1-2H3,(H2,14,16). The molecule has 0 aliphatic heterocycles. The number of aryl methyl sites for hydroxylation is 2. The molecule has 1 aromatic heterocycles. The zero-order valence-corrected chi connectivity index (χ0v) is 11.3. The van der Waals surface area contributed by atoms with Crippen molar-refractivity contribution in [3.8, 4) is 5.75 Å². The zero-order chi connectivity index (χ0) is 14.0. The molecule has 0 fully saturated rings. The number of aromatic nitrogens is 3. The molecule has 19 heavy (non-hydrogen) atoms. The number of anilines is 1. The largest absolute Gasteiger partial charge is 0.484 e. The van der Waals surface area contributed by atoms with Crippen LogP contribution in [0.1, 0.15) is 15.9 Å². The molecule has 0 bridgehead atoms. The number of carbonyl (C=O) groups is 1. The van der Waals surface area contributed by atoms with Gasteiger partial charge in [-0.3, -0.25) is 4.79 Å². The lowest BCUT2D eigenvalue weighted by Crippen LogP contribution is -2.20. The molecule has 2 rings (SSSR count). The Balaban J connectivity index is 2.07. The molecule has 1 heterocycles. The van der Waals surface area contributed by atoms with Crippen molar-refractivity contribution in [1.29, 1.82) is 0 Å². The van der Waals surface area contributed by atoms with Crippen molar-refractivity contribution in [1.82, 2.24) is 14.8 Å². The Labute approximate surface area is 115 Å². The third kappa shape index (κ3) is 2.85. The molecule has 2 N–H and O–H groups in total. The van der Waals surface area contributed by atoms with Crippen molar-refractivity contribution in [2.75, 3.05) is 12.3 Å². The van der Waals surface area contributed by atoms with Crippen LogP contribution in [0.15, 0.2) is 18.5 Å². The van der Waals surface area contributed by atoms with Crippen LogP contribution < -0.4 is 10.5 Å². The number of hydrogen-bond acceptors (Lipinski definition) is 5. The summed E-state index contributed by atoms with van der Waals surface area (Å²) >= 11 is 6.05. The third-order valence-electron chi connectivity index (χ3n) is 2.62. The maximum Gasteiger partial charge on any atom is 0.272 e. The van der Waals surface area contributed by atoms with Crippen molar-refractivity contribution in [2.45, 2.75) is 13.8 Å². The molecule has 0 aliphatic carbocycles. The molecular formula is C12H13ClN4O2. The molecule has 0 spiro atoms. The van der Waals surface area contributed by atoms with Gasteiger partial charge in [-0.15, -0.1) is 10.2 Å². The second-order valence-corrected chi connectivity index (χ2v) is 4.49. The maximum atomic E-state index is 11.8. The van der Waals surface area contributed by atoms with Gasteiger partial charge >= 0.3 is 0 Å². The van der Waals surface area contributed by atoms with Gasteiger partial charge < -0.3 is 10.5 Å². The Morgan fingerprint density at radius 3 is 2.58 bits per heavy atom. The van der Waals surface area contributed by atoms with E-state index in [9.17, 15) is 4.79 Å². The second-order valence-electron chi connectivity index (χ2n) is 4.11. The summed E-state index contributed by atoms with van der Waals surface area (Å²) in [6.07, 6.45) is 1.25. The highest BCUT2D eigenvalue weighted by molar-refractivity contribution is 6.32. The predicted molar refractivity (Wildman–Crippen MR) is 71.5 cm³/mol. The highest BCUT2D eigenvalue weighted by atomic mass is 35.5. The van der Waals surface area contributed by atoms with Gasteiger partial charge in [0, 0.05) is 5.02 Å². The first-order valence-electron chi connectivity index (χ1n) is 5.57. The first-order valence-corrected chi connectivity index (χ1v) is 5.95. The molecule has 6 nitrogen and oxygen atoms in total. The third-order valence-corrected chi connectivity index (χ3v) is 3.21. The Bertz CT molecular complexity index is 601. The zero-order valence-electron chi connectivity index (χ0n) is 10.6. The van der Waals surface area contributed by atoms with Crippen LogP contribution in [0.25, 0.3) is 0 Å². The molecule has 100 valence electrons. The van der Waals surface area contributed by atoms with Crippen molar-refractivity contribution < 1.29 is 9.53 Å². The molecule has 0 amide bonds. The van der Waals surface area contributed by atoms with E-state index in [1.54, 1.807) is 12.1 Å². The van der Waals surface area contributed by atoms with Gasteiger partial charge in [0.2, 0.25) is 5.95 Å². The van der Waals surface area contributed by atoms with E-state index in [0.717, 1.165) is 15.7 Å². The summed E-state index contributed by atoms with van der Waals surface area (Å²) in [5.41, 5.74) is 7.27. The molecule has 0 saturated carbocycles. The number of ether oxygens (including phenoxy) is 1. The van der Waals surface area contributed by atoms with Crippen LogP contribution in [0.5, 0.6) is 5.75 Å². The van der Waals surface area contributed by atoms with Gasteiger partial charge in [0.05, 0.1) is 0 Å². The number of nitrogens with two attached hydrogens (primary N) is 1. The monoisotopic (exact) mass is 280 g/mol. The van der Waals surface area contributed by atoms with Crippen molar-refractivity contribution in [2.24, 2.45) is 0 Å². The highest BCUT2D eigenvalue weighted by Gasteiger charge is 2.11. The molecule has 7 heteroatoms. The minimum absolute atomic E-state index is 0.0390. The molecular weight excluding hydrogens is 268 g/mol. The molecule has 0 saturated heterocycles. The van der Waals surface area contributed by atoms with Crippen LogP contribution in [0, 0.1) is 13.8 Å². The quantitative estimate of drug-likeness (QED) is 0.928. The minimum atomic E-state index is -0.340. The van der Waals surface area contributed by atoms with Crippen molar-refractivity contribution in [3.63, 3.8) is 0 Å². The maximum absolute atomic E-state index is 11.8. The van der Waals surface area contributed by atoms with E-state index >= 15 is 0 Å². The number of halogens is 1. The van der Waals surface area contributed by atoms with Crippen LogP contribution in [0.3, 0.4) is 0 Å². The van der Waals surface area contributed by atoms with Crippen molar-refractivity contribution >= 4 is 23.5 Å². The van der Waals surface area contributed by atoms with Crippen LogP contribution in [-0.2, 0) is 0 Å². The summed E-state index contributed by atoms with van der Waals surface area (Å²) in [5.74, 6) is 0.282. The topological polar surface area (TPSA) is 83.0 Å². The van der Waals surface area contributed by atoms with E-state index in [2.05, 4.69) is 10.2 Å². The lowest BCUT2D eigenvalue weighted by atomic mass is 10.1. The minimum Gasteiger partial charge on any atom is -0.484 e. The summed E-state index contributed by atoms with van der Waals surface area (Å²) < 4.78 is 6.56. The van der Waals surface area contributed by atoms with E-state index in [0.29, 0.717) is 10.8 Å². The summed E-state index contributed by atoms with van der Waals surface area (Å²) in [4.78, 5) is 11.8. The van der Waals surface area contributed by atoms with Gasteiger partial charge in [0.1, 0.15) is 12.1 Å². The molecule has 0 atom stereocenters. The van der Waals surface area contributed by atoms with E-state index in [4.69, 9.17) is 22.1 Å². The first-order chi connectivity index (χ1) is 8.99. The van der Waals surface area contributed by atoms with E-state index < -0.39 is 0 Å². The van der Waals surface area contributed by atoms with Crippen molar-refractivity contribution in [3.05, 3.63) is 34.6 Å². The number of benzene rings is 1. The van der Waals surface area contributed by atoms with Crippen LogP contribution in [0.2, 0.25) is 5.02 Å². The number of nitrogens with zero attached hydrogens (tertiary/aromatic N) is 3. The van der Waals surface area contributed by atoms with E-state index in [-0.39, 0.29) is 18.5 Å². The highest BCUT2D eigenvalue weighted by Crippen LogP contribution is 2.25. The lowest BCUT2D eigenvalue weighted by Gasteiger charge is -2.09. The van der Waals surface area contributed by atoms with Gasteiger partial charge in [0.25, 0.3) is 5.91 Å². The van der Waals surface area contributed by atoms with Gasteiger partial charge in [-0.2, -0.15) is 0 Å². The smallest absolute Gasteiger partial charge is 0.272 e. The fourth-order valence-electron chi connectivity index (χ4n) is 1.64. The first kappa shape index (κ1) is 13.4. The predicted octanol–water partition coefficient (Wildman–Crippen LogP) is 1.85. The average molecular weight is 281 g/mol. The summed E-state index contributed by atoms with van der Waals surface area (Å²) in [6, 6.07) is 3.55. The molecule has 1 aromatic carbocycles. The Morgan fingerprint density at radius 2 is 2.05 bits per heavy atom. The molecule has 0 unspecified atom stereocenters. The number of rotatable bonds is 3. The van der Waals surface area contributed by atoms with E-state index in [1.165, 1.54) is 6.33 Å². The van der Waals surface area contributed by atoms with Gasteiger partial charge in [-0.05, 0) is 37.1 Å². The fraction of sp³-hybridized carbons (Fsp3) is 0.250. The molecule has 2 aromatic rings. The van der Waals surface area contributed by atoms with Gasteiger partial charge in [-0.1, -0.05) is 11.6 Å². The Hall–Kier alpha value is -2.08. The molecule has 0 aliphatic rings. The lowest BCUT2D eigenvalue weighted by molar-refractivity contribution is 0.0839. The normalized spacial score (nSPS) is 10.5. The number of nitrogen functional groups attached to an aromatic ring is 1. The van der Waals surface area contributed by atoms with E-state index in [1.807, 2.05) is 13.8 Å².